The zero-order valence-electron chi connectivity index (χ0n) is 16.1. The monoisotopic (exact) mass is 398 g/mol. The number of nitriles is 1. The van der Waals surface area contributed by atoms with Crippen molar-refractivity contribution in [1.82, 2.24) is 15.5 Å². The third kappa shape index (κ3) is 5.52. The molecule has 1 heterocycles. The van der Waals surface area contributed by atoms with Crippen LogP contribution in [0, 0.1) is 23.1 Å². The number of amides is 2. The molecule has 0 saturated carbocycles. The summed E-state index contributed by atoms with van der Waals surface area (Å²) in [6, 6.07) is 14.5. The predicted octanol–water partition coefficient (Wildman–Crippen LogP) is 3.36. The number of urea groups is 1. The van der Waals surface area contributed by atoms with Gasteiger partial charge in [-0.2, -0.15) is 5.26 Å². The third-order valence-corrected chi connectivity index (χ3v) is 5.22. The van der Waals surface area contributed by atoms with Crippen LogP contribution in [0.2, 0.25) is 0 Å². The first-order valence-electron chi connectivity index (χ1n) is 9.65. The summed E-state index contributed by atoms with van der Waals surface area (Å²) in [5.74, 6) is -0.626. The van der Waals surface area contributed by atoms with E-state index in [0.717, 1.165) is 11.1 Å². The van der Waals surface area contributed by atoms with Crippen LogP contribution in [0.3, 0.4) is 0 Å². The van der Waals surface area contributed by atoms with Gasteiger partial charge in [0.1, 0.15) is 5.82 Å². The van der Waals surface area contributed by atoms with E-state index in [-0.39, 0.29) is 30.4 Å². The highest BCUT2D eigenvalue weighted by Gasteiger charge is 2.33. The molecule has 2 atom stereocenters. The van der Waals surface area contributed by atoms with E-state index < -0.39 is 6.67 Å². The van der Waals surface area contributed by atoms with Gasteiger partial charge in [-0.25, -0.2) is 9.18 Å². The predicted molar refractivity (Wildman–Crippen MR) is 106 cm³/mol. The first-order chi connectivity index (χ1) is 14.1. The van der Waals surface area contributed by atoms with Crippen LogP contribution in [0.25, 0.3) is 0 Å². The Hall–Kier alpha value is -2.98. The van der Waals surface area contributed by atoms with Gasteiger partial charge in [-0.15, -0.1) is 0 Å². The Balaban J connectivity index is 1.74. The summed E-state index contributed by atoms with van der Waals surface area (Å²) < 4.78 is 26.8. The van der Waals surface area contributed by atoms with Gasteiger partial charge < -0.3 is 15.5 Å². The number of hydrogen-bond donors (Lipinski definition) is 2. The van der Waals surface area contributed by atoms with E-state index in [4.69, 9.17) is 5.26 Å². The van der Waals surface area contributed by atoms with Crippen molar-refractivity contribution in [2.24, 2.45) is 5.92 Å². The lowest BCUT2D eigenvalue weighted by molar-refractivity contribution is 0.108. The largest absolute Gasteiger partial charge is 0.334 e. The number of carbonyl (C=O) groups excluding carboxylic acids is 1. The number of nitrogens with zero attached hydrogens (tertiary/aromatic N) is 2. The lowest BCUT2D eigenvalue weighted by Crippen LogP contribution is -2.54. The molecule has 2 aromatic carbocycles. The van der Waals surface area contributed by atoms with E-state index in [9.17, 15) is 13.6 Å². The molecule has 152 valence electrons. The van der Waals surface area contributed by atoms with Crippen LogP contribution in [0.5, 0.6) is 0 Å². The van der Waals surface area contributed by atoms with E-state index in [1.807, 2.05) is 0 Å². The number of nitrogens with one attached hydrogen (secondary N) is 2. The van der Waals surface area contributed by atoms with Crippen LogP contribution >= 0.6 is 0 Å². The van der Waals surface area contributed by atoms with Gasteiger partial charge in [-0.3, -0.25) is 4.39 Å². The average molecular weight is 398 g/mol. The third-order valence-electron chi connectivity index (χ3n) is 5.22. The van der Waals surface area contributed by atoms with E-state index in [1.54, 1.807) is 41.3 Å². The topological polar surface area (TPSA) is 68.2 Å². The molecule has 0 aliphatic carbocycles. The molecule has 29 heavy (non-hydrogen) atoms. The highest BCUT2D eigenvalue weighted by Crippen LogP contribution is 2.22. The fourth-order valence-electron chi connectivity index (χ4n) is 3.58. The zero-order chi connectivity index (χ0) is 20.6. The van der Waals surface area contributed by atoms with Crippen LogP contribution in [-0.4, -0.2) is 36.7 Å². The number of halogens is 2. The lowest BCUT2D eigenvalue weighted by Gasteiger charge is -2.39. The summed E-state index contributed by atoms with van der Waals surface area (Å²) in [4.78, 5) is 14.7. The van der Waals surface area contributed by atoms with Crippen molar-refractivity contribution in [2.75, 3.05) is 19.8 Å². The molecule has 5 nitrogen and oxygen atoms in total. The second-order valence-electron chi connectivity index (χ2n) is 7.20. The molecule has 3 rings (SSSR count). The number of carbonyl (C=O) groups is 1. The molecule has 1 fully saturated rings. The molecule has 1 saturated heterocycles. The minimum absolute atomic E-state index is 0.243. The molecular formula is C22H24F2N4O. The first kappa shape index (κ1) is 20.7. The van der Waals surface area contributed by atoms with Crippen molar-refractivity contribution in [3.05, 3.63) is 71.0 Å². The Morgan fingerprint density at radius 1 is 1.17 bits per heavy atom. The molecule has 0 radical (unpaired) electrons. The summed E-state index contributed by atoms with van der Waals surface area (Å²) in [6.45, 7) is 1.30. The Bertz CT molecular complexity index is 849. The van der Waals surface area contributed by atoms with Gasteiger partial charge in [0.25, 0.3) is 0 Å². The van der Waals surface area contributed by atoms with E-state index in [2.05, 4.69) is 16.7 Å². The summed E-state index contributed by atoms with van der Waals surface area (Å²) in [5.41, 5.74) is 2.21. The molecule has 0 spiro atoms. The van der Waals surface area contributed by atoms with Crippen LogP contribution < -0.4 is 10.6 Å². The second kappa shape index (κ2) is 9.99. The van der Waals surface area contributed by atoms with E-state index in [0.29, 0.717) is 31.6 Å². The van der Waals surface area contributed by atoms with Gasteiger partial charge >= 0.3 is 6.03 Å². The van der Waals surface area contributed by atoms with Crippen molar-refractivity contribution in [3.8, 4) is 6.07 Å². The van der Waals surface area contributed by atoms with Crippen molar-refractivity contribution >= 4 is 6.03 Å². The van der Waals surface area contributed by atoms with Gasteiger partial charge in [0.15, 0.2) is 0 Å². The van der Waals surface area contributed by atoms with Crippen molar-refractivity contribution in [2.45, 2.75) is 25.6 Å². The highest BCUT2D eigenvalue weighted by molar-refractivity contribution is 5.74. The fourth-order valence-corrected chi connectivity index (χ4v) is 3.58. The Morgan fingerprint density at radius 2 is 1.86 bits per heavy atom. The van der Waals surface area contributed by atoms with Crippen LogP contribution in [0.4, 0.5) is 13.6 Å². The van der Waals surface area contributed by atoms with E-state index >= 15 is 0 Å². The number of alkyl halides is 1. The Morgan fingerprint density at radius 3 is 2.52 bits per heavy atom. The van der Waals surface area contributed by atoms with Gasteiger partial charge in [-0.1, -0.05) is 24.3 Å². The quantitative estimate of drug-likeness (QED) is 0.784. The number of rotatable bonds is 6. The molecule has 2 amide bonds. The summed E-state index contributed by atoms with van der Waals surface area (Å²) >= 11 is 0. The molecule has 0 unspecified atom stereocenters. The molecule has 7 heteroatoms. The second-order valence-corrected chi connectivity index (χ2v) is 7.20. The van der Waals surface area contributed by atoms with Crippen LogP contribution in [0.15, 0.2) is 48.5 Å². The van der Waals surface area contributed by atoms with Crippen LogP contribution in [0.1, 0.15) is 23.1 Å². The Kier molecular flexibility index (Phi) is 7.14. The smallest absolute Gasteiger partial charge is 0.318 e. The zero-order valence-corrected chi connectivity index (χ0v) is 16.1. The maximum Gasteiger partial charge on any atom is 0.318 e. The fraction of sp³-hybridized carbons (Fsp3) is 0.364. The molecule has 1 aliphatic rings. The molecule has 0 aromatic heterocycles. The summed E-state index contributed by atoms with van der Waals surface area (Å²) in [7, 11) is 0. The van der Waals surface area contributed by atoms with Crippen molar-refractivity contribution in [3.63, 3.8) is 0 Å². The van der Waals surface area contributed by atoms with Crippen LogP contribution in [-0.2, 0) is 13.1 Å². The SMILES string of the molecule is N#Cc1ccc(CNC(=O)N(Cc2ccc(F)cc2)[C@@H]2CCNC[C@@H]2CF)cc1. The lowest BCUT2D eigenvalue weighted by atomic mass is 9.92. The highest BCUT2D eigenvalue weighted by atomic mass is 19.1. The van der Waals surface area contributed by atoms with Gasteiger partial charge in [0.05, 0.1) is 18.3 Å². The normalized spacial score (nSPS) is 18.7. The number of hydrogen-bond acceptors (Lipinski definition) is 3. The Labute approximate surface area is 169 Å². The molecule has 0 bridgehead atoms. The average Bonchev–Trinajstić information content (AvgIpc) is 2.77. The molecule has 2 N–H and O–H groups in total. The van der Waals surface area contributed by atoms with Gasteiger partial charge in [0, 0.05) is 31.6 Å². The summed E-state index contributed by atoms with van der Waals surface area (Å²) in [6.07, 6.45) is 0.653. The maximum absolute atomic E-state index is 13.6. The van der Waals surface area contributed by atoms with E-state index in [1.165, 1.54) is 12.1 Å². The summed E-state index contributed by atoms with van der Waals surface area (Å²) in [5, 5.41) is 15.0. The minimum Gasteiger partial charge on any atom is -0.334 e. The number of piperidine rings is 1. The molecule has 2 aromatic rings. The minimum atomic E-state index is -0.513. The van der Waals surface area contributed by atoms with Crippen molar-refractivity contribution in [1.29, 1.82) is 5.26 Å². The maximum atomic E-state index is 13.6. The number of benzene rings is 2. The standard InChI is InChI=1S/C22H24F2N4O/c23-11-19-14-26-10-9-21(19)28(15-18-5-7-20(24)8-6-18)22(29)27-13-17-3-1-16(12-25)2-4-17/h1-8,19,21,26H,9-11,13-15H2,(H,27,29)/t19-,21+/m0/s1. The molecular weight excluding hydrogens is 374 g/mol. The van der Waals surface area contributed by atoms with Gasteiger partial charge in [0.2, 0.25) is 0 Å². The van der Waals surface area contributed by atoms with Crippen molar-refractivity contribution < 1.29 is 13.6 Å². The molecule has 1 aliphatic heterocycles. The first-order valence-corrected chi connectivity index (χ1v) is 9.65. The van der Waals surface area contributed by atoms with Gasteiger partial charge in [-0.05, 0) is 48.4 Å².